The maximum Gasteiger partial charge on any atom is 0.131 e. The lowest BCUT2D eigenvalue weighted by atomic mass is 9.67. The Balaban J connectivity index is 0.889. The number of fused-ring (bicyclic) bond motifs is 8. The van der Waals surface area contributed by atoms with Crippen LogP contribution in [0, 0.1) is 11.6 Å². The average Bonchev–Trinajstić information content (AvgIpc) is 1.55. The van der Waals surface area contributed by atoms with Gasteiger partial charge in [0.1, 0.15) is 46.1 Å². The van der Waals surface area contributed by atoms with Gasteiger partial charge in [0.25, 0.3) is 0 Å². The molecule has 0 fully saturated rings. The number of nitrogens with zero attached hydrogens (tertiary/aromatic N) is 1. The molecule has 0 aromatic heterocycles. The van der Waals surface area contributed by atoms with Gasteiger partial charge in [0, 0.05) is 33.6 Å². The van der Waals surface area contributed by atoms with Gasteiger partial charge in [0.2, 0.25) is 0 Å². The molecule has 0 radical (unpaired) electrons. The maximum absolute atomic E-state index is 15.4. The van der Waals surface area contributed by atoms with E-state index in [1.165, 1.54) is 0 Å². The first-order valence-electron chi connectivity index (χ1n) is 31.4. The van der Waals surface area contributed by atoms with Gasteiger partial charge < -0.3 is 19.1 Å². The molecule has 446 valence electrons. The van der Waals surface area contributed by atoms with Gasteiger partial charge in [-0.3, -0.25) is 0 Å². The second-order valence-electron chi connectivity index (χ2n) is 24.7. The fraction of sp³-hybridized carbons (Fsp3) is 0.0575. The van der Waals surface area contributed by atoms with Crippen LogP contribution in [0.15, 0.2) is 310 Å². The molecular weight excluding hydrogens is 1140 g/mol. The van der Waals surface area contributed by atoms with Gasteiger partial charge in [-0.15, -0.1) is 0 Å². The van der Waals surface area contributed by atoms with Gasteiger partial charge in [-0.2, -0.15) is 0 Å². The summed E-state index contributed by atoms with van der Waals surface area (Å²) < 4.78 is 50.2. The van der Waals surface area contributed by atoms with Crippen molar-refractivity contribution in [3.05, 3.63) is 389 Å². The molecule has 1 heterocycles. The summed E-state index contributed by atoms with van der Waals surface area (Å²) in [6.07, 6.45) is 3.63. The predicted octanol–water partition coefficient (Wildman–Crippen LogP) is 23.1. The average molecular weight is 1210 g/mol. The fourth-order valence-electron chi connectivity index (χ4n) is 14.8. The van der Waals surface area contributed by atoms with Crippen molar-refractivity contribution in [2.45, 2.75) is 30.1 Å². The molecule has 4 nitrogen and oxygen atoms in total. The monoisotopic (exact) mass is 1210 g/mol. The van der Waals surface area contributed by atoms with E-state index in [9.17, 15) is 0 Å². The molecular formula is C87H61F2NO3. The maximum atomic E-state index is 15.4. The molecule has 0 saturated heterocycles. The quantitative estimate of drug-likeness (QED) is 0.109. The van der Waals surface area contributed by atoms with Crippen LogP contribution in [0.4, 0.5) is 25.8 Å². The number of halogens is 2. The Morgan fingerprint density at radius 1 is 0.333 bits per heavy atom. The number of benzene rings is 13. The molecule has 2 aliphatic carbocycles. The number of para-hydroxylation sites is 1. The molecule has 13 aromatic carbocycles. The zero-order chi connectivity index (χ0) is 63.0. The molecule has 0 spiro atoms. The molecule has 0 bridgehead atoms. The molecule has 6 heteroatoms. The highest BCUT2D eigenvalue weighted by Crippen LogP contribution is 2.60. The first-order chi connectivity index (χ1) is 45.5. The Labute approximate surface area is 540 Å². The highest BCUT2D eigenvalue weighted by Gasteiger charge is 2.49. The van der Waals surface area contributed by atoms with E-state index >= 15 is 8.78 Å². The van der Waals surface area contributed by atoms with Gasteiger partial charge in [0.05, 0.1) is 10.8 Å². The zero-order valence-electron chi connectivity index (χ0n) is 51.3. The zero-order valence-corrected chi connectivity index (χ0v) is 51.3. The van der Waals surface area contributed by atoms with E-state index in [-0.39, 0.29) is 17.0 Å². The van der Waals surface area contributed by atoms with E-state index < -0.39 is 10.8 Å². The van der Waals surface area contributed by atoms with Crippen LogP contribution < -0.4 is 19.1 Å². The predicted molar refractivity (Wildman–Crippen MR) is 373 cm³/mol. The van der Waals surface area contributed by atoms with E-state index in [4.69, 9.17) is 14.2 Å². The van der Waals surface area contributed by atoms with Crippen LogP contribution >= 0.6 is 0 Å². The Hall–Kier alpha value is -11.6. The lowest BCUT2D eigenvalue weighted by Gasteiger charge is -2.36. The van der Waals surface area contributed by atoms with E-state index in [2.05, 4.69) is 196 Å². The standard InChI is InChI=1S/C87H61F2NO3/c1-5-56-19-42-69(43-20-56)91-71-46-30-62(31-47-71)86(60-26-34-64(88)35-27-60)77-15-9-7-13-73(77)75-50-40-67(54-80(75)86)90(66-38-23-58(24-39-66)59-25-52-84-82(53-59)85(3,4)79-17-11-12-18-83(79)93-84)68-41-51-76-74-14-8-10-16-78(74)87(81(76)55-68,61-28-36-65(89)37-29-61)63-32-48-72(49-33-63)92-70-44-21-57(6-2)22-45-70/h5-55H,1-2H2,3-4H3. The van der Waals surface area contributed by atoms with Crippen LogP contribution in [-0.2, 0) is 16.2 Å². The van der Waals surface area contributed by atoms with Crippen molar-refractivity contribution in [3.8, 4) is 67.9 Å². The fourth-order valence-corrected chi connectivity index (χ4v) is 14.8. The van der Waals surface area contributed by atoms with Gasteiger partial charge in [-0.05, 0) is 216 Å². The molecule has 13 aromatic rings. The summed E-state index contributed by atoms with van der Waals surface area (Å²) in [7, 11) is 0. The number of hydrogen-bond acceptors (Lipinski definition) is 4. The SMILES string of the molecule is C=Cc1ccc(Oc2ccc(C3(c4ccc(F)cc4)c4ccccc4-c4ccc(N(c5ccc(-c6ccc7c(c6)C(C)(C)c6ccccc6O7)cc5)c5ccc6c(c5)C(c5ccc(F)cc5)(c5ccc(Oc7ccc(C=C)cc7)cc5)c5ccccc5-6)cc43)cc2)cc1. The molecule has 16 rings (SSSR count). The van der Waals surface area contributed by atoms with Crippen LogP contribution in [0.25, 0.3) is 45.5 Å². The van der Waals surface area contributed by atoms with Crippen molar-refractivity contribution in [1.29, 1.82) is 0 Å². The van der Waals surface area contributed by atoms with Crippen LogP contribution in [0.2, 0.25) is 0 Å². The van der Waals surface area contributed by atoms with Crippen molar-refractivity contribution < 1.29 is 23.0 Å². The Morgan fingerprint density at radius 3 is 1.15 bits per heavy atom. The van der Waals surface area contributed by atoms with E-state index in [1.807, 2.05) is 121 Å². The molecule has 3 aliphatic rings. The highest BCUT2D eigenvalue weighted by atomic mass is 19.1. The summed E-state index contributed by atoms with van der Waals surface area (Å²) in [6.45, 7) is 12.4. The minimum atomic E-state index is -0.915. The highest BCUT2D eigenvalue weighted by molar-refractivity contribution is 5.93. The van der Waals surface area contributed by atoms with Crippen LogP contribution in [-0.4, -0.2) is 0 Å². The van der Waals surface area contributed by atoms with E-state index in [1.54, 1.807) is 24.3 Å². The first kappa shape index (κ1) is 56.6. The number of anilines is 3. The van der Waals surface area contributed by atoms with Crippen molar-refractivity contribution in [1.82, 2.24) is 0 Å². The molecule has 1 aliphatic heterocycles. The summed E-state index contributed by atoms with van der Waals surface area (Å²) in [5, 5.41) is 0. The summed E-state index contributed by atoms with van der Waals surface area (Å²) in [5.41, 5.74) is 19.4. The second kappa shape index (κ2) is 22.4. The summed E-state index contributed by atoms with van der Waals surface area (Å²) >= 11 is 0. The number of rotatable bonds is 14. The molecule has 0 saturated carbocycles. The Bertz CT molecular complexity index is 4810. The molecule has 2 atom stereocenters. The minimum Gasteiger partial charge on any atom is -0.457 e. The molecule has 0 N–H and O–H groups in total. The third-order valence-corrected chi connectivity index (χ3v) is 19.3. The second-order valence-corrected chi connectivity index (χ2v) is 24.7. The molecule has 2 unspecified atom stereocenters. The number of hydrogen-bond donors (Lipinski definition) is 0. The lowest BCUT2D eigenvalue weighted by Crippen LogP contribution is -2.29. The van der Waals surface area contributed by atoms with Gasteiger partial charge in [0.15, 0.2) is 0 Å². The van der Waals surface area contributed by atoms with E-state index in [0.29, 0.717) is 23.0 Å². The Kier molecular flexibility index (Phi) is 13.6. The van der Waals surface area contributed by atoms with Gasteiger partial charge in [-0.1, -0.05) is 209 Å². The van der Waals surface area contributed by atoms with Crippen molar-refractivity contribution in [3.63, 3.8) is 0 Å². The van der Waals surface area contributed by atoms with Gasteiger partial charge >= 0.3 is 0 Å². The number of ether oxygens (including phenoxy) is 3. The lowest BCUT2D eigenvalue weighted by molar-refractivity contribution is 0.418. The summed E-state index contributed by atoms with van der Waals surface area (Å²) in [5.74, 6) is 3.89. The minimum absolute atomic E-state index is 0.300. The third-order valence-electron chi connectivity index (χ3n) is 19.3. The largest absolute Gasteiger partial charge is 0.457 e. The first-order valence-corrected chi connectivity index (χ1v) is 31.4. The topological polar surface area (TPSA) is 30.9 Å². The van der Waals surface area contributed by atoms with Crippen molar-refractivity contribution in [2.24, 2.45) is 0 Å². The van der Waals surface area contributed by atoms with Crippen LogP contribution in [0.3, 0.4) is 0 Å². The Morgan fingerprint density at radius 2 is 0.699 bits per heavy atom. The third kappa shape index (κ3) is 9.31. The molecule has 0 amide bonds. The normalized spacial score (nSPS) is 15.9. The summed E-state index contributed by atoms with van der Waals surface area (Å²) in [4.78, 5) is 2.35. The smallest absolute Gasteiger partial charge is 0.131 e. The summed E-state index contributed by atoms with van der Waals surface area (Å²) in [6, 6.07) is 101. The molecule has 93 heavy (non-hydrogen) atoms. The van der Waals surface area contributed by atoms with Crippen LogP contribution in [0.5, 0.6) is 34.5 Å². The van der Waals surface area contributed by atoms with Crippen molar-refractivity contribution >= 4 is 29.2 Å². The van der Waals surface area contributed by atoms with Gasteiger partial charge in [-0.25, -0.2) is 8.78 Å². The van der Waals surface area contributed by atoms with Crippen LogP contribution in [0.1, 0.15) is 80.6 Å². The van der Waals surface area contributed by atoms with Crippen molar-refractivity contribution in [2.75, 3.05) is 4.90 Å². The van der Waals surface area contributed by atoms with E-state index in [0.717, 1.165) is 129 Å².